The zero-order chi connectivity index (χ0) is 29.9. The maximum Gasteiger partial charge on any atom is 0.248 e. The average Bonchev–Trinajstić information content (AvgIpc) is 3.01. The molecule has 3 aromatic rings. The van der Waals surface area contributed by atoms with E-state index in [1.54, 1.807) is 66.9 Å². The lowest BCUT2D eigenvalue weighted by Crippen LogP contribution is -2.47. The number of amides is 3. The van der Waals surface area contributed by atoms with Crippen molar-refractivity contribution in [1.82, 2.24) is 10.3 Å². The Kier molecular flexibility index (Phi) is 11.2. The summed E-state index contributed by atoms with van der Waals surface area (Å²) in [5.74, 6) is 0.530. The van der Waals surface area contributed by atoms with Crippen molar-refractivity contribution in [2.75, 3.05) is 24.4 Å². The Bertz CT molecular complexity index is 1320. The molecule has 1 aromatic heterocycles. The number of methoxy groups -OCH3 is 2. The predicted molar refractivity (Wildman–Crippen MR) is 163 cm³/mol. The molecule has 1 aliphatic rings. The number of benzene rings is 2. The number of carbonyl (C=O) groups excluding carboxylic acids is 3. The van der Waals surface area contributed by atoms with Crippen LogP contribution in [0.3, 0.4) is 0 Å². The highest BCUT2D eigenvalue weighted by atomic mass is 35.5. The summed E-state index contributed by atoms with van der Waals surface area (Å²) in [4.78, 5) is 46.2. The minimum absolute atomic E-state index is 0.0238. The number of anilines is 2. The standard InChI is InChI=1S/C32H37ClN4O5/c1-41-26-19-25(20-27(21-26)42-2)37(30(39)13-8-12-29(38)36-28-11-6-7-18-34-28)31(22-14-16-23(33)17-15-22)32(40)35-24-9-4-3-5-10-24/h6-7,11,14-21,24,31H,3-5,8-10,12-13H2,1-2H3,(H,35,40)(H,34,36,38). The number of nitrogens with one attached hydrogen (secondary N) is 2. The Morgan fingerprint density at radius 1 is 0.952 bits per heavy atom. The Morgan fingerprint density at radius 2 is 1.64 bits per heavy atom. The summed E-state index contributed by atoms with van der Waals surface area (Å²) >= 11 is 6.19. The van der Waals surface area contributed by atoms with Gasteiger partial charge in [-0.1, -0.05) is 49.1 Å². The fourth-order valence-corrected chi connectivity index (χ4v) is 5.25. The van der Waals surface area contributed by atoms with E-state index in [2.05, 4.69) is 15.6 Å². The fraction of sp³-hybridized carbons (Fsp3) is 0.375. The zero-order valence-electron chi connectivity index (χ0n) is 24.0. The van der Waals surface area contributed by atoms with Crippen LogP contribution in [0.25, 0.3) is 0 Å². The molecule has 9 nitrogen and oxygen atoms in total. The van der Waals surface area contributed by atoms with Crippen molar-refractivity contribution in [3.05, 3.63) is 77.4 Å². The summed E-state index contributed by atoms with van der Waals surface area (Å²) < 4.78 is 11.0. The van der Waals surface area contributed by atoms with Crippen molar-refractivity contribution < 1.29 is 23.9 Å². The number of rotatable bonds is 12. The van der Waals surface area contributed by atoms with Crippen molar-refractivity contribution in [1.29, 1.82) is 0 Å². The first kappa shape index (κ1) is 30.8. The summed E-state index contributed by atoms with van der Waals surface area (Å²) in [7, 11) is 3.05. The second-order valence-electron chi connectivity index (χ2n) is 10.2. The van der Waals surface area contributed by atoms with Crippen molar-refractivity contribution in [2.45, 2.75) is 63.5 Å². The summed E-state index contributed by atoms with van der Waals surface area (Å²) in [6, 6.07) is 16.3. The fourth-order valence-electron chi connectivity index (χ4n) is 5.12. The van der Waals surface area contributed by atoms with E-state index in [-0.39, 0.29) is 43.0 Å². The van der Waals surface area contributed by atoms with Crippen LogP contribution in [-0.4, -0.2) is 43.0 Å². The highest BCUT2D eigenvalue weighted by molar-refractivity contribution is 6.30. The molecule has 222 valence electrons. The van der Waals surface area contributed by atoms with E-state index < -0.39 is 6.04 Å². The highest BCUT2D eigenvalue weighted by Crippen LogP contribution is 2.35. The van der Waals surface area contributed by atoms with Crippen LogP contribution in [0.15, 0.2) is 66.9 Å². The number of halogens is 1. The van der Waals surface area contributed by atoms with E-state index in [1.165, 1.54) is 19.1 Å². The van der Waals surface area contributed by atoms with Crippen LogP contribution in [0.1, 0.15) is 63.0 Å². The quantitative estimate of drug-likeness (QED) is 0.264. The van der Waals surface area contributed by atoms with Gasteiger partial charge in [-0.3, -0.25) is 19.3 Å². The van der Waals surface area contributed by atoms with Gasteiger partial charge in [-0.25, -0.2) is 4.98 Å². The predicted octanol–water partition coefficient (Wildman–Crippen LogP) is 6.08. The monoisotopic (exact) mass is 592 g/mol. The van der Waals surface area contributed by atoms with Gasteiger partial charge in [0.25, 0.3) is 0 Å². The van der Waals surface area contributed by atoms with Gasteiger partial charge in [0.15, 0.2) is 0 Å². The summed E-state index contributed by atoms with van der Waals surface area (Å²) in [5.41, 5.74) is 1.05. The maximum absolute atomic E-state index is 14.1. The second kappa shape index (κ2) is 15.2. The summed E-state index contributed by atoms with van der Waals surface area (Å²) in [5, 5.41) is 6.45. The molecule has 4 rings (SSSR count). The first-order chi connectivity index (χ1) is 20.4. The second-order valence-corrected chi connectivity index (χ2v) is 10.7. The molecule has 1 unspecified atom stereocenters. The van der Waals surface area contributed by atoms with Gasteiger partial charge in [-0.2, -0.15) is 0 Å². The van der Waals surface area contributed by atoms with Gasteiger partial charge in [-0.05, 0) is 49.1 Å². The molecular formula is C32H37ClN4O5. The van der Waals surface area contributed by atoms with Crippen molar-refractivity contribution in [2.24, 2.45) is 0 Å². The van der Waals surface area contributed by atoms with Crippen LogP contribution < -0.4 is 25.0 Å². The topological polar surface area (TPSA) is 110 Å². The summed E-state index contributed by atoms with van der Waals surface area (Å²) in [6.45, 7) is 0. The van der Waals surface area contributed by atoms with Gasteiger partial charge in [0, 0.05) is 48.3 Å². The van der Waals surface area contributed by atoms with E-state index in [0.717, 1.165) is 32.1 Å². The number of pyridine rings is 1. The van der Waals surface area contributed by atoms with Gasteiger partial charge in [0.2, 0.25) is 17.7 Å². The van der Waals surface area contributed by atoms with Crippen molar-refractivity contribution in [3.8, 4) is 11.5 Å². The van der Waals surface area contributed by atoms with Crippen molar-refractivity contribution in [3.63, 3.8) is 0 Å². The molecule has 0 saturated heterocycles. The molecule has 1 aliphatic carbocycles. The van der Waals surface area contributed by atoms with Crippen LogP contribution in [0.2, 0.25) is 5.02 Å². The molecule has 2 aromatic carbocycles. The molecule has 1 saturated carbocycles. The molecule has 2 N–H and O–H groups in total. The Labute approximate surface area is 251 Å². The van der Waals surface area contributed by atoms with E-state index in [0.29, 0.717) is 33.6 Å². The van der Waals surface area contributed by atoms with Gasteiger partial charge < -0.3 is 20.1 Å². The molecule has 1 atom stereocenters. The third-order valence-electron chi connectivity index (χ3n) is 7.25. The third-order valence-corrected chi connectivity index (χ3v) is 7.51. The van der Waals surface area contributed by atoms with Crippen LogP contribution in [-0.2, 0) is 14.4 Å². The molecule has 10 heteroatoms. The van der Waals surface area contributed by atoms with Crippen LogP contribution in [0, 0.1) is 0 Å². The van der Waals surface area contributed by atoms with E-state index >= 15 is 0 Å². The first-order valence-electron chi connectivity index (χ1n) is 14.2. The average molecular weight is 593 g/mol. The Morgan fingerprint density at radius 3 is 2.26 bits per heavy atom. The number of carbonyl (C=O) groups is 3. The van der Waals surface area contributed by atoms with Crippen LogP contribution in [0.4, 0.5) is 11.5 Å². The molecular weight excluding hydrogens is 556 g/mol. The van der Waals surface area contributed by atoms with Gasteiger partial charge in [0.1, 0.15) is 23.4 Å². The molecule has 42 heavy (non-hydrogen) atoms. The molecule has 0 bridgehead atoms. The van der Waals surface area contributed by atoms with Gasteiger partial charge in [0.05, 0.1) is 19.9 Å². The normalized spacial score (nSPS) is 14.0. The maximum atomic E-state index is 14.1. The number of ether oxygens (including phenoxy) is 2. The summed E-state index contributed by atoms with van der Waals surface area (Å²) in [6.07, 6.45) is 7.03. The number of nitrogens with zero attached hydrogens (tertiary/aromatic N) is 2. The minimum Gasteiger partial charge on any atom is -0.497 e. The zero-order valence-corrected chi connectivity index (χ0v) is 24.7. The lowest BCUT2D eigenvalue weighted by Gasteiger charge is -2.34. The third kappa shape index (κ3) is 8.45. The lowest BCUT2D eigenvalue weighted by atomic mass is 9.94. The van der Waals surface area contributed by atoms with Crippen LogP contribution in [0.5, 0.6) is 11.5 Å². The molecule has 0 radical (unpaired) electrons. The lowest BCUT2D eigenvalue weighted by molar-refractivity contribution is -0.127. The van der Waals surface area contributed by atoms with E-state index in [1.807, 2.05) is 0 Å². The van der Waals surface area contributed by atoms with Gasteiger partial charge >= 0.3 is 0 Å². The SMILES string of the molecule is COc1cc(OC)cc(N(C(=O)CCCC(=O)Nc2ccccn2)C(C(=O)NC2CCCCC2)c2ccc(Cl)cc2)c1. The molecule has 0 spiro atoms. The van der Waals surface area contributed by atoms with Crippen LogP contribution >= 0.6 is 11.6 Å². The highest BCUT2D eigenvalue weighted by Gasteiger charge is 2.34. The van der Waals surface area contributed by atoms with E-state index in [9.17, 15) is 14.4 Å². The smallest absolute Gasteiger partial charge is 0.248 e. The minimum atomic E-state index is -0.990. The number of aromatic nitrogens is 1. The molecule has 1 heterocycles. The van der Waals surface area contributed by atoms with E-state index in [4.69, 9.17) is 21.1 Å². The molecule has 0 aliphatic heterocycles. The Balaban J connectivity index is 1.64. The number of hydrogen-bond donors (Lipinski definition) is 2. The van der Waals surface area contributed by atoms with Gasteiger partial charge in [-0.15, -0.1) is 0 Å². The van der Waals surface area contributed by atoms with Crippen molar-refractivity contribution >= 4 is 40.8 Å². The Hall–Kier alpha value is -4.11. The molecule has 3 amide bonds. The first-order valence-corrected chi connectivity index (χ1v) is 14.6. The number of hydrogen-bond acceptors (Lipinski definition) is 6. The molecule has 1 fully saturated rings. The largest absolute Gasteiger partial charge is 0.497 e.